The van der Waals surface area contributed by atoms with Crippen molar-refractivity contribution in [3.8, 4) is 11.5 Å². The van der Waals surface area contributed by atoms with E-state index in [0.29, 0.717) is 32.6 Å². The lowest BCUT2D eigenvalue weighted by Crippen LogP contribution is -2.10. The fourth-order valence-corrected chi connectivity index (χ4v) is 3.27. The van der Waals surface area contributed by atoms with Crippen LogP contribution in [0.4, 0.5) is 5.69 Å². The number of nitrogens with zero attached hydrogens (tertiary/aromatic N) is 2. The number of aromatic nitrogens is 2. The fraction of sp³-hybridized carbons (Fsp3) is 0.0476. The molecule has 0 aliphatic carbocycles. The summed E-state index contributed by atoms with van der Waals surface area (Å²) in [5.74, 6) is -0.262. The highest BCUT2D eigenvalue weighted by atomic mass is 35.5. The summed E-state index contributed by atoms with van der Waals surface area (Å²) in [6, 6.07) is 16.9. The van der Waals surface area contributed by atoms with Gasteiger partial charge in [0, 0.05) is 16.3 Å². The topological polar surface area (TPSA) is 94.3 Å². The molecule has 0 bridgehead atoms. The van der Waals surface area contributed by atoms with E-state index in [1.165, 1.54) is 11.3 Å². The van der Waals surface area contributed by atoms with Gasteiger partial charge in [0.1, 0.15) is 0 Å². The first-order chi connectivity index (χ1) is 14.6. The quantitative estimate of drug-likeness (QED) is 0.422. The molecule has 0 fully saturated rings. The van der Waals surface area contributed by atoms with Crippen molar-refractivity contribution in [3.63, 3.8) is 0 Å². The lowest BCUT2D eigenvalue weighted by atomic mass is 10.2. The first kappa shape index (κ1) is 19.8. The van der Waals surface area contributed by atoms with Gasteiger partial charge in [-0.05, 0) is 60.0 Å². The van der Waals surface area contributed by atoms with Gasteiger partial charge in [0.15, 0.2) is 6.61 Å². The third-order valence-electron chi connectivity index (χ3n) is 4.01. The number of carbonyl (C=O) groups is 2. The van der Waals surface area contributed by atoms with Gasteiger partial charge in [-0.3, -0.25) is 4.79 Å². The first-order valence-electron chi connectivity index (χ1n) is 8.79. The zero-order chi connectivity index (χ0) is 20.9. The lowest BCUT2D eigenvalue weighted by molar-refractivity contribution is 0.0438. The molecule has 7 nitrogen and oxygen atoms in total. The average Bonchev–Trinajstić information content (AvgIpc) is 3.45. The summed E-state index contributed by atoms with van der Waals surface area (Å²) in [7, 11) is 0. The van der Waals surface area contributed by atoms with Gasteiger partial charge in [0.05, 0.1) is 10.4 Å². The van der Waals surface area contributed by atoms with Crippen LogP contribution in [0, 0.1) is 0 Å². The van der Waals surface area contributed by atoms with Crippen LogP contribution in [0.3, 0.4) is 0 Å². The molecule has 1 amide bonds. The van der Waals surface area contributed by atoms with E-state index in [4.69, 9.17) is 20.8 Å². The molecular formula is C21H14ClN3O4S. The number of esters is 1. The Morgan fingerprint density at radius 2 is 1.80 bits per heavy atom. The Balaban J connectivity index is 1.33. The van der Waals surface area contributed by atoms with Crippen LogP contribution in [-0.2, 0) is 11.3 Å². The Morgan fingerprint density at radius 3 is 2.50 bits per heavy atom. The van der Waals surface area contributed by atoms with E-state index in [-0.39, 0.29) is 18.4 Å². The fourth-order valence-electron chi connectivity index (χ4n) is 2.52. The van der Waals surface area contributed by atoms with Crippen molar-refractivity contribution >= 4 is 40.5 Å². The SMILES string of the molecule is O=C(OCc1nnc(-c2ccc(Cl)cc2)o1)c1ccc(NC(=O)c2cccs2)cc1. The average molecular weight is 440 g/mol. The van der Waals surface area contributed by atoms with E-state index in [1.54, 1.807) is 60.7 Å². The number of anilines is 1. The van der Waals surface area contributed by atoms with Gasteiger partial charge >= 0.3 is 5.97 Å². The number of ether oxygens (including phenoxy) is 1. The second-order valence-corrected chi connectivity index (χ2v) is 7.48. The molecule has 30 heavy (non-hydrogen) atoms. The normalized spacial score (nSPS) is 10.6. The monoisotopic (exact) mass is 439 g/mol. The third kappa shape index (κ3) is 4.73. The second kappa shape index (κ2) is 8.89. The minimum absolute atomic E-state index is 0.156. The Hall–Kier alpha value is -3.49. The van der Waals surface area contributed by atoms with E-state index in [0.717, 1.165) is 0 Å². The van der Waals surface area contributed by atoms with E-state index in [1.807, 2.05) is 5.38 Å². The zero-order valence-electron chi connectivity index (χ0n) is 15.4. The number of hydrogen-bond donors (Lipinski definition) is 1. The number of halogens is 1. The molecule has 1 N–H and O–H groups in total. The van der Waals surface area contributed by atoms with Crippen LogP contribution in [0.1, 0.15) is 25.9 Å². The number of thiophene rings is 1. The number of rotatable bonds is 6. The first-order valence-corrected chi connectivity index (χ1v) is 10.0. The molecule has 0 saturated heterocycles. The summed E-state index contributed by atoms with van der Waals surface area (Å²) in [5.41, 5.74) is 1.63. The molecule has 2 heterocycles. The van der Waals surface area contributed by atoms with Gasteiger partial charge in [-0.1, -0.05) is 17.7 Å². The van der Waals surface area contributed by atoms with Crippen molar-refractivity contribution in [2.45, 2.75) is 6.61 Å². The molecule has 4 aromatic rings. The van der Waals surface area contributed by atoms with Crippen molar-refractivity contribution in [2.75, 3.05) is 5.32 Å². The molecule has 150 valence electrons. The number of carbonyl (C=O) groups excluding carboxylic acids is 2. The summed E-state index contributed by atoms with van der Waals surface area (Å²) in [6.45, 7) is -0.156. The smallest absolute Gasteiger partial charge is 0.338 e. The third-order valence-corrected chi connectivity index (χ3v) is 5.13. The molecule has 0 atom stereocenters. The van der Waals surface area contributed by atoms with Gasteiger partial charge in [0.25, 0.3) is 11.8 Å². The highest BCUT2D eigenvalue weighted by molar-refractivity contribution is 7.12. The highest BCUT2D eigenvalue weighted by Gasteiger charge is 2.13. The molecule has 0 unspecified atom stereocenters. The van der Waals surface area contributed by atoms with Crippen molar-refractivity contribution in [1.82, 2.24) is 10.2 Å². The van der Waals surface area contributed by atoms with Crippen molar-refractivity contribution in [2.24, 2.45) is 0 Å². The largest absolute Gasteiger partial charge is 0.452 e. The molecule has 9 heteroatoms. The maximum atomic E-state index is 12.2. The zero-order valence-corrected chi connectivity index (χ0v) is 16.9. The van der Waals surface area contributed by atoms with Crippen molar-refractivity contribution in [3.05, 3.63) is 87.4 Å². The van der Waals surface area contributed by atoms with Crippen LogP contribution in [0.25, 0.3) is 11.5 Å². The van der Waals surface area contributed by atoms with E-state index < -0.39 is 5.97 Å². The van der Waals surface area contributed by atoms with Crippen molar-refractivity contribution < 1.29 is 18.7 Å². The van der Waals surface area contributed by atoms with Crippen LogP contribution in [0.2, 0.25) is 5.02 Å². The predicted molar refractivity (Wildman–Crippen MR) is 113 cm³/mol. The molecule has 2 aromatic carbocycles. The predicted octanol–water partition coefficient (Wildman–Crippen LogP) is 5.06. The number of amides is 1. The number of hydrogen-bond acceptors (Lipinski definition) is 7. The molecule has 2 aromatic heterocycles. The number of benzene rings is 2. The lowest BCUT2D eigenvalue weighted by Gasteiger charge is -2.05. The van der Waals surface area contributed by atoms with Crippen LogP contribution < -0.4 is 5.32 Å². The van der Waals surface area contributed by atoms with Crippen LogP contribution in [0.15, 0.2) is 70.5 Å². The van der Waals surface area contributed by atoms with E-state index in [9.17, 15) is 9.59 Å². The summed E-state index contributed by atoms with van der Waals surface area (Å²) < 4.78 is 10.7. The van der Waals surface area contributed by atoms with Gasteiger partial charge in [-0.15, -0.1) is 21.5 Å². The Morgan fingerprint density at radius 1 is 1.03 bits per heavy atom. The number of nitrogens with one attached hydrogen (secondary N) is 1. The molecule has 4 rings (SSSR count). The Labute approximate surface area is 180 Å². The van der Waals surface area contributed by atoms with Crippen molar-refractivity contribution in [1.29, 1.82) is 0 Å². The Kier molecular flexibility index (Phi) is 5.87. The molecule has 0 aliphatic rings. The molecule has 0 radical (unpaired) electrons. The standard InChI is InChI=1S/C21H14ClN3O4S/c22-15-7-3-13(4-8-15)20-25-24-18(29-20)12-28-21(27)14-5-9-16(10-6-14)23-19(26)17-2-1-11-30-17/h1-11H,12H2,(H,23,26). The van der Waals surface area contributed by atoms with Gasteiger partial charge < -0.3 is 14.5 Å². The maximum Gasteiger partial charge on any atom is 0.338 e. The second-order valence-electron chi connectivity index (χ2n) is 6.09. The summed E-state index contributed by atoms with van der Waals surface area (Å²) in [5, 5.41) is 13.0. The maximum absolute atomic E-state index is 12.2. The summed E-state index contributed by atoms with van der Waals surface area (Å²) in [6.07, 6.45) is 0. The van der Waals surface area contributed by atoms with Crippen LogP contribution in [-0.4, -0.2) is 22.1 Å². The van der Waals surface area contributed by atoms with Crippen LogP contribution >= 0.6 is 22.9 Å². The van der Waals surface area contributed by atoms with Gasteiger partial charge in [0.2, 0.25) is 5.89 Å². The minimum Gasteiger partial charge on any atom is -0.452 e. The Bertz CT molecular complexity index is 1160. The van der Waals surface area contributed by atoms with E-state index >= 15 is 0 Å². The molecule has 0 aliphatic heterocycles. The van der Waals surface area contributed by atoms with Crippen LogP contribution in [0.5, 0.6) is 0 Å². The summed E-state index contributed by atoms with van der Waals surface area (Å²) >= 11 is 7.21. The summed E-state index contributed by atoms with van der Waals surface area (Å²) in [4.78, 5) is 24.9. The van der Waals surface area contributed by atoms with Gasteiger partial charge in [-0.25, -0.2) is 4.79 Å². The minimum atomic E-state index is -0.544. The van der Waals surface area contributed by atoms with E-state index in [2.05, 4.69) is 15.5 Å². The highest BCUT2D eigenvalue weighted by Crippen LogP contribution is 2.21. The molecule has 0 spiro atoms. The molecule has 0 saturated carbocycles. The van der Waals surface area contributed by atoms with Gasteiger partial charge in [-0.2, -0.15) is 0 Å². The molecular weight excluding hydrogens is 426 g/mol.